The van der Waals surface area contributed by atoms with Gasteiger partial charge in [0.2, 0.25) is 5.91 Å². The maximum atomic E-state index is 12.8. The van der Waals surface area contributed by atoms with Gasteiger partial charge in [0.15, 0.2) is 0 Å². The van der Waals surface area contributed by atoms with Crippen LogP contribution in [0, 0.1) is 5.92 Å². The number of halogens is 1. The molecule has 0 aliphatic carbocycles. The SMILES string of the molecule is CCNCC1CCN(S(=O)(=O)c2ccc(CCNC(C)=O)s2)CC1.Cl. The van der Waals surface area contributed by atoms with Crippen molar-refractivity contribution in [3.05, 3.63) is 17.0 Å². The molecule has 1 aliphatic rings. The highest BCUT2D eigenvalue weighted by Gasteiger charge is 2.30. The monoisotopic (exact) mass is 409 g/mol. The van der Waals surface area contributed by atoms with Crippen molar-refractivity contribution in [2.24, 2.45) is 5.92 Å². The van der Waals surface area contributed by atoms with Gasteiger partial charge in [-0.25, -0.2) is 8.42 Å². The number of sulfonamides is 1. The van der Waals surface area contributed by atoms with Crippen molar-refractivity contribution >= 4 is 39.7 Å². The zero-order chi connectivity index (χ0) is 17.6. The molecule has 0 radical (unpaired) electrons. The van der Waals surface area contributed by atoms with Crippen molar-refractivity contribution in [1.82, 2.24) is 14.9 Å². The third-order valence-electron chi connectivity index (χ3n) is 4.23. The average Bonchev–Trinajstić information content (AvgIpc) is 3.02. The zero-order valence-corrected chi connectivity index (χ0v) is 17.2. The quantitative estimate of drug-likeness (QED) is 0.686. The van der Waals surface area contributed by atoms with Crippen LogP contribution in [-0.2, 0) is 21.2 Å². The molecule has 1 aliphatic heterocycles. The largest absolute Gasteiger partial charge is 0.356 e. The third-order valence-corrected chi connectivity index (χ3v) is 7.74. The molecule has 2 N–H and O–H groups in total. The Hall–Kier alpha value is -0.670. The van der Waals surface area contributed by atoms with Crippen LogP contribution in [0.4, 0.5) is 0 Å². The number of hydrogen-bond acceptors (Lipinski definition) is 5. The predicted octanol–water partition coefficient (Wildman–Crippen LogP) is 1.86. The van der Waals surface area contributed by atoms with Crippen molar-refractivity contribution in [3.63, 3.8) is 0 Å². The first-order chi connectivity index (χ1) is 11.4. The summed E-state index contributed by atoms with van der Waals surface area (Å²) in [4.78, 5) is 11.9. The Morgan fingerprint density at radius 3 is 2.60 bits per heavy atom. The van der Waals surface area contributed by atoms with E-state index in [1.807, 2.05) is 6.07 Å². The van der Waals surface area contributed by atoms with E-state index >= 15 is 0 Å². The lowest BCUT2D eigenvalue weighted by molar-refractivity contribution is -0.118. The van der Waals surface area contributed by atoms with Gasteiger partial charge in [-0.3, -0.25) is 4.79 Å². The number of hydrogen-bond donors (Lipinski definition) is 2. The molecular weight excluding hydrogens is 382 g/mol. The van der Waals surface area contributed by atoms with E-state index in [4.69, 9.17) is 0 Å². The van der Waals surface area contributed by atoms with Crippen LogP contribution in [0.2, 0.25) is 0 Å². The summed E-state index contributed by atoms with van der Waals surface area (Å²) >= 11 is 1.31. The highest BCUT2D eigenvalue weighted by Crippen LogP contribution is 2.28. The fraction of sp³-hybridized carbons (Fsp3) is 0.688. The molecule has 1 saturated heterocycles. The minimum atomic E-state index is -3.38. The van der Waals surface area contributed by atoms with Gasteiger partial charge in [-0.05, 0) is 50.4 Å². The van der Waals surface area contributed by atoms with Crippen LogP contribution >= 0.6 is 23.7 Å². The van der Waals surface area contributed by atoms with E-state index in [0.29, 0.717) is 36.2 Å². The van der Waals surface area contributed by atoms with E-state index < -0.39 is 10.0 Å². The fourth-order valence-electron chi connectivity index (χ4n) is 2.82. The van der Waals surface area contributed by atoms with E-state index in [0.717, 1.165) is 30.8 Å². The Balaban J connectivity index is 0.00000312. The van der Waals surface area contributed by atoms with Gasteiger partial charge >= 0.3 is 0 Å². The highest BCUT2D eigenvalue weighted by atomic mass is 35.5. The Morgan fingerprint density at radius 1 is 1.32 bits per heavy atom. The molecule has 1 aromatic heterocycles. The van der Waals surface area contributed by atoms with Crippen LogP contribution in [0.15, 0.2) is 16.3 Å². The number of thiophene rings is 1. The summed E-state index contributed by atoms with van der Waals surface area (Å²) < 4.78 is 27.5. The van der Waals surface area contributed by atoms with Gasteiger partial charge in [0, 0.05) is 31.4 Å². The molecule has 0 spiro atoms. The zero-order valence-electron chi connectivity index (χ0n) is 14.8. The molecule has 2 rings (SSSR count). The van der Waals surface area contributed by atoms with Crippen LogP contribution in [0.25, 0.3) is 0 Å². The minimum absolute atomic E-state index is 0. The first-order valence-electron chi connectivity index (χ1n) is 8.47. The van der Waals surface area contributed by atoms with E-state index in [-0.39, 0.29) is 18.3 Å². The number of carbonyl (C=O) groups excluding carboxylic acids is 1. The number of amides is 1. The summed E-state index contributed by atoms with van der Waals surface area (Å²) in [5, 5.41) is 6.07. The van der Waals surface area contributed by atoms with E-state index in [1.165, 1.54) is 18.3 Å². The van der Waals surface area contributed by atoms with Crippen molar-refractivity contribution in [2.75, 3.05) is 32.7 Å². The third kappa shape index (κ3) is 6.53. The summed E-state index contributed by atoms with van der Waals surface area (Å²) in [7, 11) is -3.38. The van der Waals surface area contributed by atoms with Crippen LogP contribution in [-0.4, -0.2) is 51.4 Å². The molecule has 25 heavy (non-hydrogen) atoms. The molecule has 9 heteroatoms. The summed E-state index contributed by atoms with van der Waals surface area (Å²) in [6.07, 6.45) is 2.48. The summed E-state index contributed by atoms with van der Waals surface area (Å²) in [6, 6.07) is 3.53. The Bertz CT molecular complexity index is 641. The van der Waals surface area contributed by atoms with Crippen molar-refractivity contribution in [2.45, 2.75) is 37.3 Å². The Morgan fingerprint density at radius 2 is 2.00 bits per heavy atom. The number of carbonyl (C=O) groups is 1. The summed E-state index contributed by atoms with van der Waals surface area (Å²) in [5.41, 5.74) is 0. The van der Waals surface area contributed by atoms with Crippen LogP contribution in [0.1, 0.15) is 31.6 Å². The van der Waals surface area contributed by atoms with Gasteiger partial charge < -0.3 is 10.6 Å². The maximum absolute atomic E-state index is 12.8. The second kappa shape index (κ2) is 10.5. The standard InChI is InChI=1S/C16H27N3O3S2.ClH/c1-3-17-12-14-7-10-19(11-8-14)24(21,22)16-5-4-15(23-16)6-9-18-13(2)20;/h4-5,14,17H,3,6-12H2,1-2H3,(H,18,20);1H. The molecule has 0 saturated carbocycles. The molecular formula is C16H28ClN3O3S2. The predicted molar refractivity (Wildman–Crippen MR) is 104 cm³/mol. The summed E-state index contributed by atoms with van der Waals surface area (Å²) in [6.45, 7) is 7.20. The van der Waals surface area contributed by atoms with Gasteiger partial charge in [0.25, 0.3) is 10.0 Å². The molecule has 1 amide bonds. The lowest BCUT2D eigenvalue weighted by Crippen LogP contribution is -2.40. The summed E-state index contributed by atoms with van der Waals surface area (Å²) in [5.74, 6) is 0.493. The van der Waals surface area contributed by atoms with Crippen LogP contribution < -0.4 is 10.6 Å². The van der Waals surface area contributed by atoms with Crippen LogP contribution in [0.5, 0.6) is 0 Å². The van der Waals surface area contributed by atoms with Crippen molar-refractivity contribution in [3.8, 4) is 0 Å². The highest BCUT2D eigenvalue weighted by molar-refractivity contribution is 7.91. The van der Waals surface area contributed by atoms with Crippen molar-refractivity contribution < 1.29 is 13.2 Å². The van der Waals surface area contributed by atoms with Gasteiger partial charge in [-0.15, -0.1) is 23.7 Å². The Kier molecular flexibility index (Phi) is 9.37. The van der Waals surface area contributed by atoms with E-state index in [9.17, 15) is 13.2 Å². The molecule has 1 aromatic rings. The first kappa shape index (κ1) is 22.4. The van der Waals surface area contributed by atoms with Gasteiger partial charge in [0.1, 0.15) is 4.21 Å². The maximum Gasteiger partial charge on any atom is 0.252 e. The second-order valence-electron chi connectivity index (χ2n) is 6.11. The molecule has 144 valence electrons. The van der Waals surface area contributed by atoms with Crippen molar-refractivity contribution in [1.29, 1.82) is 0 Å². The Labute approximate surface area is 160 Å². The van der Waals surface area contributed by atoms with Gasteiger partial charge in [-0.2, -0.15) is 4.31 Å². The first-order valence-corrected chi connectivity index (χ1v) is 10.7. The van der Waals surface area contributed by atoms with Gasteiger partial charge in [0.05, 0.1) is 0 Å². The lowest BCUT2D eigenvalue weighted by atomic mass is 9.98. The van der Waals surface area contributed by atoms with Crippen LogP contribution in [0.3, 0.4) is 0 Å². The molecule has 1 fully saturated rings. The topological polar surface area (TPSA) is 78.5 Å². The molecule has 2 heterocycles. The number of rotatable bonds is 8. The number of nitrogens with zero attached hydrogens (tertiary/aromatic N) is 1. The normalized spacial score (nSPS) is 16.4. The average molecular weight is 410 g/mol. The smallest absolute Gasteiger partial charge is 0.252 e. The fourth-order valence-corrected chi connectivity index (χ4v) is 5.80. The van der Waals surface area contributed by atoms with E-state index in [2.05, 4.69) is 17.6 Å². The minimum Gasteiger partial charge on any atom is -0.356 e. The number of piperidine rings is 1. The second-order valence-corrected chi connectivity index (χ2v) is 9.44. The lowest BCUT2D eigenvalue weighted by Gasteiger charge is -2.30. The molecule has 0 atom stereocenters. The van der Waals surface area contributed by atoms with E-state index in [1.54, 1.807) is 10.4 Å². The molecule has 0 bridgehead atoms. The van der Waals surface area contributed by atoms with Gasteiger partial charge in [-0.1, -0.05) is 6.92 Å². The molecule has 0 unspecified atom stereocenters. The molecule has 0 aromatic carbocycles. The number of nitrogens with one attached hydrogen (secondary N) is 2. The molecule has 6 nitrogen and oxygen atoms in total.